The van der Waals surface area contributed by atoms with Crippen LogP contribution in [0.3, 0.4) is 0 Å². The first-order valence-electron chi connectivity index (χ1n) is 5.34. The maximum atomic E-state index is 4.56. The van der Waals surface area contributed by atoms with Gasteiger partial charge in [-0.3, -0.25) is 0 Å². The summed E-state index contributed by atoms with van der Waals surface area (Å²) >= 11 is 1.72. The molecule has 0 aliphatic carbocycles. The summed E-state index contributed by atoms with van der Waals surface area (Å²) in [6.07, 6.45) is 0.854. The molecule has 84 valence electrons. The number of rotatable bonds is 3. The molecule has 0 saturated heterocycles. The van der Waals surface area contributed by atoms with Crippen molar-refractivity contribution in [2.75, 3.05) is 12.4 Å². The number of aromatic nitrogens is 2. The minimum absolute atomic E-state index is 0.854. The fourth-order valence-corrected chi connectivity index (χ4v) is 2.42. The van der Waals surface area contributed by atoms with Gasteiger partial charge in [-0.2, -0.15) is 0 Å². The summed E-state index contributed by atoms with van der Waals surface area (Å²) in [7, 11) is 1.88. The van der Waals surface area contributed by atoms with Crippen LogP contribution in [0.1, 0.15) is 18.3 Å². The molecule has 0 amide bonds. The second kappa shape index (κ2) is 4.61. The van der Waals surface area contributed by atoms with Crippen LogP contribution >= 0.6 is 11.3 Å². The van der Waals surface area contributed by atoms with Gasteiger partial charge in [0, 0.05) is 19.5 Å². The number of aryl methyl sites for hydroxylation is 2. The Hall–Kier alpha value is -1.42. The van der Waals surface area contributed by atoms with Crippen LogP contribution in [0, 0.1) is 6.92 Å². The van der Waals surface area contributed by atoms with Gasteiger partial charge in [0.15, 0.2) is 0 Å². The van der Waals surface area contributed by atoms with Gasteiger partial charge >= 0.3 is 0 Å². The van der Waals surface area contributed by atoms with Gasteiger partial charge < -0.3 is 5.32 Å². The van der Waals surface area contributed by atoms with Crippen molar-refractivity contribution in [2.24, 2.45) is 0 Å². The van der Waals surface area contributed by atoms with Crippen LogP contribution in [0.15, 0.2) is 17.5 Å². The van der Waals surface area contributed by atoms with Crippen molar-refractivity contribution in [1.29, 1.82) is 0 Å². The molecule has 0 aliphatic rings. The number of nitrogens with one attached hydrogen (secondary N) is 1. The third-order valence-corrected chi connectivity index (χ3v) is 3.48. The molecular weight excluding hydrogens is 218 g/mol. The molecule has 0 radical (unpaired) electrons. The van der Waals surface area contributed by atoms with E-state index in [1.807, 2.05) is 13.1 Å². The van der Waals surface area contributed by atoms with E-state index in [0.29, 0.717) is 0 Å². The Labute approximate surface area is 99.6 Å². The molecule has 2 heterocycles. The minimum Gasteiger partial charge on any atom is -0.373 e. The van der Waals surface area contributed by atoms with E-state index in [9.17, 15) is 0 Å². The molecule has 2 aromatic heterocycles. The van der Waals surface area contributed by atoms with Gasteiger partial charge in [0.05, 0.1) is 10.6 Å². The fraction of sp³-hybridized carbons (Fsp3) is 0.333. The van der Waals surface area contributed by atoms with E-state index in [4.69, 9.17) is 0 Å². The van der Waals surface area contributed by atoms with Crippen LogP contribution in [0.4, 0.5) is 5.82 Å². The highest BCUT2D eigenvalue weighted by Crippen LogP contribution is 2.28. The van der Waals surface area contributed by atoms with E-state index < -0.39 is 0 Å². The summed E-state index contributed by atoms with van der Waals surface area (Å²) in [5.74, 6) is 1.77. The van der Waals surface area contributed by atoms with Crippen molar-refractivity contribution in [2.45, 2.75) is 20.3 Å². The highest BCUT2D eigenvalue weighted by molar-refractivity contribution is 7.13. The third kappa shape index (κ3) is 2.07. The average Bonchev–Trinajstić information content (AvgIpc) is 2.74. The smallest absolute Gasteiger partial charge is 0.131 e. The summed E-state index contributed by atoms with van der Waals surface area (Å²) in [6.45, 7) is 4.18. The molecule has 0 atom stereocenters. The lowest BCUT2D eigenvalue weighted by Crippen LogP contribution is -2.00. The maximum Gasteiger partial charge on any atom is 0.131 e. The second-order valence-corrected chi connectivity index (χ2v) is 4.51. The van der Waals surface area contributed by atoms with Gasteiger partial charge in [-0.1, -0.05) is 6.92 Å². The van der Waals surface area contributed by atoms with Crippen LogP contribution in [-0.4, -0.2) is 17.0 Å². The van der Waals surface area contributed by atoms with Crippen molar-refractivity contribution >= 4 is 17.2 Å². The van der Waals surface area contributed by atoms with Crippen LogP contribution in [0.25, 0.3) is 10.6 Å². The molecule has 0 aliphatic heterocycles. The second-order valence-electron chi connectivity index (χ2n) is 3.59. The third-order valence-electron chi connectivity index (χ3n) is 2.44. The maximum absolute atomic E-state index is 4.56. The number of anilines is 1. The molecule has 0 bridgehead atoms. The SMILES string of the molecule is CCc1nc(NC)cc(-c2sccc2C)n1. The highest BCUT2D eigenvalue weighted by Gasteiger charge is 2.08. The van der Waals surface area contributed by atoms with Gasteiger partial charge in [-0.25, -0.2) is 9.97 Å². The van der Waals surface area contributed by atoms with Gasteiger partial charge in [0.25, 0.3) is 0 Å². The Morgan fingerprint density at radius 3 is 2.75 bits per heavy atom. The average molecular weight is 233 g/mol. The standard InChI is InChI=1S/C12H15N3S/c1-4-10-14-9(7-11(13-3)15-10)12-8(2)5-6-16-12/h5-7H,4H2,1-3H3,(H,13,14,15). The summed E-state index contributed by atoms with van der Waals surface area (Å²) < 4.78 is 0. The van der Waals surface area contributed by atoms with E-state index >= 15 is 0 Å². The fourth-order valence-electron chi connectivity index (χ4n) is 1.53. The van der Waals surface area contributed by atoms with Crippen LogP contribution in [0.5, 0.6) is 0 Å². The van der Waals surface area contributed by atoms with Gasteiger partial charge in [0.1, 0.15) is 11.6 Å². The predicted molar refractivity (Wildman–Crippen MR) is 69.0 cm³/mol. The molecule has 0 aromatic carbocycles. The van der Waals surface area contributed by atoms with E-state index in [1.165, 1.54) is 10.4 Å². The first-order chi connectivity index (χ1) is 7.74. The van der Waals surface area contributed by atoms with Crippen LogP contribution in [-0.2, 0) is 6.42 Å². The van der Waals surface area contributed by atoms with E-state index in [0.717, 1.165) is 23.8 Å². The summed E-state index contributed by atoms with van der Waals surface area (Å²) in [4.78, 5) is 10.2. The van der Waals surface area contributed by atoms with Crippen molar-refractivity contribution in [3.63, 3.8) is 0 Å². The van der Waals surface area contributed by atoms with Crippen molar-refractivity contribution < 1.29 is 0 Å². The molecule has 4 heteroatoms. The monoisotopic (exact) mass is 233 g/mol. The summed E-state index contributed by atoms with van der Waals surface area (Å²) in [5, 5.41) is 5.17. The number of thiophene rings is 1. The molecule has 0 spiro atoms. The first kappa shape index (κ1) is 11.1. The topological polar surface area (TPSA) is 37.8 Å². The Morgan fingerprint density at radius 1 is 1.38 bits per heavy atom. The zero-order valence-corrected chi connectivity index (χ0v) is 10.6. The zero-order chi connectivity index (χ0) is 11.5. The number of hydrogen-bond donors (Lipinski definition) is 1. The lowest BCUT2D eigenvalue weighted by molar-refractivity contribution is 0.945. The molecule has 2 rings (SSSR count). The molecule has 0 unspecified atom stereocenters. The normalized spacial score (nSPS) is 10.4. The van der Waals surface area contributed by atoms with E-state index in [1.54, 1.807) is 11.3 Å². The Morgan fingerprint density at radius 2 is 2.19 bits per heavy atom. The molecule has 1 N–H and O–H groups in total. The zero-order valence-electron chi connectivity index (χ0n) is 9.74. The minimum atomic E-state index is 0.854. The summed E-state index contributed by atoms with van der Waals surface area (Å²) in [6, 6.07) is 4.12. The number of hydrogen-bond acceptors (Lipinski definition) is 4. The van der Waals surface area contributed by atoms with Gasteiger partial charge in [-0.15, -0.1) is 11.3 Å². The Bertz CT molecular complexity index is 469. The van der Waals surface area contributed by atoms with Gasteiger partial charge in [0.2, 0.25) is 0 Å². The summed E-state index contributed by atoms with van der Waals surface area (Å²) in [5.41, 5.74) is 2.29. The number of nitrogens with zero attached hydrogens (tertiary/aromatic N) is 2. The largest absolute Gasteiger partial charge is 0.373 e. The lowest BCUT2D eigenvalue weighted by Gasteiger charge is -2.06. The quantitative estimate of drug-likeness (QED) is 0.885. The molecule has 3 nitrogen and oxygen atoms in total. The van der Waals surface area contributed by atoms with Crippen molar-refractivity contribution in [3.05, 3.63) is 28.9 Å². The van der Waals surface area contributed by atoms with E-state index in [-0.39, 0.29) is 0 Å². The molecule has 0 saturated carbocycles. The molecule has 0 fully saturated rings. The van der Waals surface area contributed by atoms with Crippen molar-refractivity contribution in [1.82, 2.24) is 9.97 Å². The van der Waals surface area contributed by atoms with Crippen LogP contribution in [0.2, 0.25) is 0 Å². The molecule has 2 aromatic rings. The van der Waals surface area contributed by atoms with Gasteiger partial charge in [-0.05, 0) is 23.9 Å². The first-order valence-corrected chi connectivity index (χ1v) is 6.22. The predicted octanol–water partition coefficient (Wildman–Crippen LogP) is 3.12. The highest BCUT2D eigenvalue weighted by atomic mass is 32.1. The van der Waals surface area contributed by atoms with Crippen LogP contribution < -0.4 is 5.32 Å². The Balaban J connectivity index is 2.52. The van der Waals surface area contributed by atoms with E-state index in [2.05, 4.69) is 40.6 Å². The van der Waals surface area contributed by atoms with Crippen molar-refractivity contribution in [3.8, 4) is 10.6 Å². The molecular formula is C12H15N3S. The lowest BCUT2D eigenvalue weighted by atomic mass is 10.2. The molecule has 16 heavy (non-hydrogen) atoms. The Kier molecular flexibility index (Phi) is 3.19.